The fraction of sp³-hybridized carbons (Fsp3) is 0.462. The molecule has 0 amide bonds. The van der Waals surface area contributed by atoms with Crippen LogP contribution in [0.2, 0.25) is 5.02 Å². The van der Waals surface area contributed by atoms with Crippen LogP contribution in [0.3, 0.4) is 0 Å². The van der Waals surface area contributed by atoms with Crippen LogP contribution >= 0.6 is 23.8 Å². The van der Waals surface area contributed by atoms with E-state index in [0.717, 1.165) is 19.3 Å². The van der Waals surface area contributed by atoms with E-state index >= 15 is 0 Å². The SMILES string of the molecule is COC1CCCC1NS(=O)(=O)c1ccc(C(N)=S)cc1Cl. The number of halogens is 1. The first-order valence-electron chi connectivity index (χ1n) is 6.49. The largest absolute Gasteiger partial charge is 0.389 e. The first-order valence-corrected chi connectivity index (χ1v) is 8.76. The monoisotopic (exact) mass is 348 g/mol. The molecule has 3 N–H and O–H groups in total. The van der Waals surface area contributed by atoms with Crippen molar-refractivity contribution in [2.45, 2.75) is 36.3 Å². The van der Waals surface area contributed by atoms with Gasteiger partial charge >= 0.3 is 0 Å². The van der Waals surface area contributed by atoms with E-state index in [1.54, 1.807) is 13.2 Å². The van der Waals surface area contributed by atoms with Crippen molar-refractivity contribution in [3.8, 4) is 0 Å². The average Bonchev–Trinajstić information content (AvgIpc) is 2.84. The second-order valence-electron chi connectivity index (χ2n) is 4.94. The maximum absolute atomic E-state index is 12.4. The van der Waals surface area contributed by atoms with Gasteiger partial charge in [-0.05, 0) is 31.4 Å². The number of sulfonamides is 1. The van der Waals surface area contributed by atoms with E-state index in [9.17, 15) is 8.42 Å². The molecular formula is C13H17ClN2O3S2. The zero-order valence-electron chi connectivity index (χ0n) is 11.5. The van der Waals surface area contributed by atoms with E-state index in [4.69, 9.17) is 34.3 Å². The van der Waals surface area contributed by atoms with Crippen LogP contribution in [0.25, 0.3) is 0 Å². The highest BCUT2D eigenvalue weighted by atomic mass is 35.5. The van der Waals surface area contributed by atoms with Crippen LogP contribution in [0.15, 0.2) is 23.1 Å². The molecule has 5 nitrogen and oxygen atoms in total. The van der Waals surface area contributed by atoms with Gasteiger partial charge in [-0.25, -0.2) is 13.1 Å². The average molecular weight is 349 g/mol. The number of nitrogens with two attached hydrogens (primary N) is 1. The van der Waals surface area contributed by atoms with Gasteiger partial charge in [0.2, 0.25) is 10.0 Å². The second kappa shape index (κ2) is 6.58. The normalized spacial score (nSPS) is 22.4. The molecule has 1 fully saturated rings. The number of methoxy groups -OCH3 is 1. The molecule has 0 spiro atoms. The summed E-state index contributed by atoms with van der Waals surface area (Å²) in [5.41, 5.74) is 6.03. The molecule has 2 atom stereocenters. The number of rotatable bonds is 5. The molecule has 2 rings (SSSR count). The summed E-state index contributed by atoms with van der Waals surface area (Å²) in [5, 5.41) is 0.0970. The molecule has 1 aliphatic carbocycles. The summed E-state index contributed by atoms with van der Waals surface area (Å²) >= 11 is 10.9. The molecular weight excluding hydrogens is 332 g/mol. The van der Waals surface area contributed by atoms with E-state index < -0.39 is 10.0 Å². The summed E-state index contributed by atoms with van der Waals surface area (Å²) in [7, 11) is -2.12. The van der Waals surface area contributed by atoms with Crippen LogP contribution in [0.5, 0.6) is 0 Å². The summed E-state index contributed by atoms with van der Waals surface area (Å²) in [5.74, 6) is 0. The number of hydrogen-bond acceptors (Lipinski definition) is 4. The number of thiocarbonyl (C=S) groups is 1. The third kappa shape index (κ3) is 3.73. The second-order valence-corrected chi connectivity index (χ2v) is 7.47. The summed E-state index contributed by atoms with van der Waals surface area (Å²) in [4.78, 5) is 0.190. The Hall–Kier alpha value is -0.730. The Morgan fingerprint density at radius 2 is 2.19 bits per heavy atom. The highest BCUT2D eigenvalue weighted by molar-refractivity contribution is 7.89. The van der Waals surface area contributed by atoms with Crippen LogP contribution in [0, 0.1) is 0 Å². The standard InChI is InChI=1S/C13H17ClN2O3S2/c1-19-11-4-2-3-10(11)16-21(17,18)12-6-5-8(13(15)20)7-9(12)14/h5-7,10-11,16H,2-4H2,1H3,(H2,15,20). The summed E-state index contributed by atoms with van der Waals surface area (Å²) in [6.07, 6.45) is 2.42. The van der Waals surface area contributed by atoms with Crippen LogP contribution in [-0.4, -0.2) is 32.7 Å². The third-order valence-electron chi connectivity index (χ3n) is 3.57. The minimum absolute atomic E-state index is 0.0194. The Morgan fingerprint density at radius 3 is 2.76 bits per heavy atom. The molecule has 0 aromatic heterocycles. The zero-order valence-corrected chi connectivity index (χ0v) is 13.9. The Kier molecular flexibility index (Phi) is 5.21. The number of ether oxygens (including phenoxy) is 1. The van der Waals surface area contributed by atoms with E-state index in [1.807, 2.05) is 0 Å². The van der Waals surface area contributed by atoms with Crippen molar-refractivity contribution in [1.82, 2.24) is 4.72 Å². The molecule has 0 aliphatic heterocycles. The van der Waals surface area contributed by atoms with Gasteiger partial charge in [0.25, 0.3) is 0 Å². The lowest BCUT2D eigenvalue weighted by Crippen LogP contribution is -2.40. The van der Waals surface area contributed by atoms with E-state index in [2.05, 4.69) is 4.72 Å². The van der Waals surface area contributed by atoms with Crippen LogP contribution in [0.4, 0.5) is 0 Å². The van der Waals surface area contributed by atoms with Gasteiger partial charge in [-0.2, -0.15) is 0 Å². The van der Waals surface area contributed by atoms with Gasteiger partial charge in [0, 0.05) is 18.7 Å². The van der Waals surface area contributed by atoms with Crippen LogP contribution in [-0.2, 0) is 14.8 Å². The van der Waals surface area contributed by atoms with Crippen molar-refractivity contribution in [2.24, 2.45) is 5.73 Å². The number of benzene rings is 1. The first-order chi connectivity index (χ1) is 9.85. The van der Waals surface area contributed by atoms with Crippen LogP contribution < -0.4 is 10.5 Å². The van der Waals surface area contributed by atoms with Crippen molar-refractivity contribution >= 4 is 38.8 Å². The molecule has 2 unspecified atom stereocenters. The molecule has 0 saturated heterocycles. The Balaban J connectivity index is 2.25. The Labute approximate surface area is 134 Å². The van der Waals surface area contributed by atoms with Gasteiger partial charge in [0.15, 0.2) is 0 Å². The third-order valence-corrected chi connectivity index (χ3v) is 5.78. The predicted octanol–water partition coefficient (Wildman–Crippen LogP) is 1.82. The smallest absolute Gasteiger partial charge is 0.242 e. The summed E-state index contributed by atoms with van der Waals surface area (Å²) in [6, 6.07) is 4.19. The van der Waals surface area contributed by atoms with Crippen molar-refractivity contribution in [2.75, 3.05) is 7.11 Å². The maximum atomic E-state index is 12.4. The zero-order chi connectivity index (χ0) is 15.6. The van der Waals surface area contributed by atoms with Gasteiger partial charge in [0.1, 0.15) is 9.88 Å². The predicted molar refractivity (Wildman–Crippen MR) is 86.1 cm³/mol. The molecule has 116 valence electrons. The van der Waals surface area contributed by atoms with Gasteiger partial charge in [-0.15, -0.1) is 0 Å². The maximum Gasteiger partial charge on any atom is 0.242 e. The van der Waals surface area contributed by atoms with E-state index in [1.165, 1.54) is 12.1 Å². The Morgan fingerprint density at radius 1 is 1.48 bits per heavy atom. The summed E-state index contributed by atoms with van der Waals surface area (Å²) in [6.45, 7) is 0. The molecule has 1 aromatic carbocycles. The highest BCUT2D eigenvalue weighted by Gasteiger charge is 2.32. The molecule has 0 heterocycles. The van der Waals surface area contributed by atoms with Crippen molar-refractivity contribution < 1.29 is 13.2 Å². The van der Waals surface area contributed by atoms with E-state index in [0.29, 0.717) is 5.56 Å². The molecule has 1 aliphatic rings. The lowest BCUT2D eigenvalue weighted by Gasteiger charge is -2.20. The lowest BCUT2D eigenvalue weighted by atomic mass is 10.2. The first kappa shape index (κ1) is 16.6. The molecule has 1 saturated carbocycles. The van der Waals surface area contributed by atoms with Crippen molar-refractivity contribution in [3.63, 3.8) is 0 Å². The Bertz CT molecular complexity index is 649. The molecule has 21 heavy (non-hydrogen) atoms. The minimum Gasteiger partial charge on any atom is -0.389 e. The molecule has 1 aromatic rings. The van der Waals surface area contributed by atoms with Crippen molar-refractivity contribution in [1.29, 1.82) is 0 Å². The van der Waals surface area contributed by atoms with Crippen molar-refractivity contribution in [3.05, 3.63) is 28.8 Å². The highest BCUT2D eigenvalue weighted by Crippen LogP contribution is 2.26. The molecule has 0 bridgehead atoms. The molecule has 8 heteroatoms. The number of nitrogens with one attached hydrogen (secondary N) is 1. The summed E-state index contributed by atoms with van der Waals surface area (Å²) < 4.78 is 32.8. The minimum atomic E-state index is -3.71. The fourth-order valence-electron chi connectivity index (χ4n) is 2.48. The lowest BCUT2D eigenvalue weighted by molar-refractivity contribution is 0.0916. The van der Waals surface area contributed by atoms with E-state index in [-0.39, 0.29) is 27.1 Å². The number of hydrogen-bond donors (Lipinski definition) is 2. The van der Waals surface area contributed by atoms with Gasteiger partial charge in [-0.1, -0.05) is 29.9 Å². The van der Waals surface area contributed by atoms with Gasteiger partial charge < -0.3 is 10.5 Å². The van der Waals surface area contributed by atoms with Crippen LogP contribution in [0.1, 0.15) is 24.8 Å². The topological polar surface area (TPSA) is 81.4 Å². The van der Waals surface area contributed by atoms with Gasteiger partial charge in [-0.3, -0.25) is 0 Å². The van der Waals surface area contributed by atoms with Gasteiger partial charge in [0.05, 0.1) is 11.1 Å². The quantitative estimate of drug-likeness (QED) is 0.793. The fourth-order valence-corrected chi connectivity index (χ4v) is 4.45. The molecule has 0 radical (unpaired) electrons.